The SMILES string of the molecule is Cl.O=S(=O)(NCCN1CCNCC1c1cccc(F)c1)c1ccccc1. The van der Waals surface area contributed by atoms with Gasteiger partial charge in [0.2, 0.25) is 10.0 Å². The summed E-state index contributed by atoms with van der Waals surface area (Å²) in [5.74, 6) is -0.257. The van der Waals surface area contributed by atoms with Crippen LogP contribution in [0.15, 0.2) is 59.5 Å². The first-order chi connectivity index (χ1) is 12.1. The van der Waals surface area contributed by atoms with Crippen molar-refractivity contribution in [3.63, 3.8) is 0 Å². The number of nitrogens with zero attached hydrogens (tertiary/aromatic N) is 1. The molecule has 1 heterocycles. The molecule has 1 fully saturated rings. The lowest BCUT2D eigenvalue weighted by atomic mass is 10.0. The molecule has 1 unspecified atom stereocenters. The summed E-state index contributed by atoms with van der Waals surface area (Å²) < 4.78 is 40.7. The number of benzene rings is 2. The van der Waals surface area contributed by atoms with Gasteiger partial charge < -0.3 is 5.32 Å². The molecule has 0 spiro atoms. The molecule has 1 atom stereocenters. The van der Waals surface area contributed by atoms with Crippen LogP contribution < -0.4 is 10.0 Å². The van der Waals surface area contributed by atoms with E-state index >= 15 is 0 Å². The van der Waals surface area contributed by atoms with Crippen molar-refractivity contribution >= 4 is 22.4 Å². The van der Waals surface area contributed by atoms with Crippen LogP contribution in [0.4, 0.5) is 4.39 Å². The maximum Gasteiger partial charge on any atom is 0.240 e. The molecule has 0 saturated carbocycles. The number of hydrogen-bond acceptors (Lipinski definition) is 4. The molecule has 2 N–H and O–H groups in total. The molecule has 1 saturated heterocycles. The van der Waals surface area contributed by atoms with E-state index in [2.05, 4.69) is 14.9 Å². The lowest BCUT2D eigenvalue weighted by molar-refractivity contribution is 0.165. The highest BCUT2D eigenvalue weighted by molar-refractivity contribution is 7.89. The van der Waals surface area contributed by atoms with E-state index in [1.807, 2.05) is 6.07 Å². The number of sulfonamides is 1. The van der Waals surface area contributed by atoms with E-state index in [0.717, 1.165) is 25.2 Å². The zero-order valence-electron chi connectivity index (χ0n) is 14.3. The molecule has 0 amide bonds. The first-order valence-electron chi connectivity index (χ1n) is 8.31. The van der Waals surface area contributed by atoms with Gasteiger partial charge in [-0.1, -0.05) is 30.3 Å². The minimum Gasteiger partial charge on any atom is -0.314 e. The molecule has 1 aliphatic rings. The average Bonchev–Trinajstić information content (AvgIpc) is 2.63. The van der Waals surface area contributed by atoms with Crippen LogP contribution in [0.2, 0.25) is 0 Å². The second-order valence-corrected chi connectivity index (χ2v) is 7.79. The Balaban J connectivity index is 0.00000243. The number of nitrogens with one attached hydrogen (secondary N) is 2. The Hall–Kier alpha value is -1.51. The number of halogens is 2. The largest absolute Gasteiger partial charge is 0.314 e. The van der Waals surface area contributed by atoms with Gasteiger partial charge in [-0.15, -0.1) is 12.4 Å². The molecule has 2 aromatic carbocycles. The molecule has 5 nitrogen and oxygen atoms in total. The standard InChI is InChI=1S/C18H22FN3O2S.ClH/c19-16-6-4-5-15(13-16)18-14-20-9-11-22(18)12-10-21-25(23,24)17-7-2-1-3-8-17;/h1-8,13,18,20-21H,9-12,14H2;1H. The maximum atomic E-state index is 13.5. The molecular formula is C18H23ClFN3O2S. The van der Waals surface area contributed by atoms with Crippen molar-refractivity contribution < 1.29 is 12.8 Å². The first kappa shape index (κ1) is 20.8. The Morgan fingerprint density at radius 1 is 1.15 bits per heavy atom. The highest BCUT2D eigenvalue weighted by Crippen LogP contribution is 2.22. The highest BCUT2D eigenvalue weighted by atomic mass is 35.5. The number of piperazine rings is 1. The summed E-state index contributed by atoms with van der Waals surface area (Å²) in [6, 6.07) is 14.9. The average molecular weight is 400 g/mol. The monoisotopic (exact) mass is 399 g/mol. The molecule has 142 valence electrons. The summed E-state index contributed by atoms with van der Waals surface area (Å²) in [7, 11) is -3.50. The summed E-state index contributed by atoms with van der Waals surface area (Å²) in [5, 5.41) is 3.31. The third-order valence-electron chi connectivity index (χ3n) is 4.33. The Kier molecular flexibility index (Phi) is 7.55. The lowest BCUT2D eigenvalue weighted by Crippen LogP contribution is -2.48. The first-order valence-corrected chi connectivity index (χ1v) is 9.79. The van der Waals surface area contributed by atoms with Crippen LogP contribution >= 0.6 is 12.4 Å². The van der Waals surface area contributed by atoms with Gasteiger partial charge in [0.1, 0.15) is 5.82 Å². The second-order valence-electron chi connectivity index (χ2n) is 6.02. The summed E-state index contributed by atoms with van der Waals surface area (Å²) in [6.45, 7) is 3.21. The van der Waals surface area contributed by atoms with Crippen molar-refractivity contribution in [3.8, 4) is 0 Å². The molecule has 0 bridgehead atoms. The summed E-state index contributed by atoms with van der Waals surface area (Å²) in [4.78, 5) is 2.44. The summed E-state index contributed by atoms with van der Waals surface area (Å²) in [5.41, 5.74) is 0.901. The topological polar surface area (TPSA) is 61.4 Å². The fraction of sp³-hybridized carbons (Fsp3) is 0.333. The van der Waals surface area contributed by atoms with Crippen LogP contribution in [0, 0.1) is 5.82 Å². The van der Waals surface area contributed by atoms with Gasteiger partial charge in [0, 0.05) is 38.8 Å². The Morgan fingerprint density at radius 2 is 1.92 bits per heavy atom. The molecular weight excluding hydrogens is 377 g/mol. The van der Waals surface area contributed by atoms with Crippen molar-refractivity contribution in [2.75, 3.05) is 32.7 Å². The fourth-order valence-electron chi connectivity index (χ4n) is 3.06. The normalized spacial score (nSPS) is 18.3. The van der Waals surface area contributed by atoms with Gasteiger partial charge in [0.25, 0.3) is 0 Å². The molecule has 0 aromatic heterocycles. The minimum absolute atomic E-state index is 0. The lowest BCUT2D eigenvalue weighted by Gasteiger charge is -2.36. The number of rotatable bonds is 6. The molecule has 2 aromatic rings. The van der Waals surface area contributed by atoms with Crippen molar-refractivity contribution in [3.05, 3.63) is 66.0 Å². The van der Waals surface area contributed by atoms with Gasteiger partial charge in [-0.3, -0.25) is 4.90 Å². The minimum atomic E-state index is -3.50. The zero-order chi connectivity index (χ0) is 17.7. The Bertz CT molecular complexity index is 805. The smallest absolute Gasteiger partial charge is 0.240 e. The van der Waals surface area contributed by atoms with Crippen LogP contribution in [-0.4, -0.2) is 46.0 Å². The summed E-state index contributed by atoms with van der Waals surface area (Å²) in [6.07, 6.45) is 0. The van der Waals surface area contributed by atoms with Gasteiger partial charge in [0.05, 0.1) is 4.90 Å². The zero-order valence-corrected chi connectivity index (χ0v) is 15.9. The van der Waals surface area contributed by atoms with E-state index in [4.69, 9.17) is 0 Å². The molecule has 3 rings (SSSR count). The third kappa shape index (κ3) is 5.25. The molecule has 0 aliphatic carbocycles. The van der Waals surface area contributed by atoms with E-state index in [1.54, 1.807) is 42.5 Å². The van der Waals surface area contributed by atoms with Gasteiger partial charge in [-0.05, 0) is 29.8 Å². The van der Waals surface area contributed by atoms with Crippen molar-refractivity contribution in [1.29, 1.82) is 0 Å². The van der Waals surface area contributed by atoms with Gasteiger partial charge in [0.15, 0.2) is 0 Å². The van der Waals surface area contributed by atoms with Crippen LogP contribution in [0.25, 0.3) is 0 Å². The maximum absolute atomic E-state index is 13.5. The van der Waals surface area contributed by atoms with Gasteiger partial charge in [-0.2, -0.15) is 0 Å². The quantitative estimate of drug-likeness (QED) is 0.781. The van der Waals surface area contributed by atoms with E-state index in [0.29, 0.717) is 13.1 Å². The highest BCUT2D eigenvalue weighted by Gasteiger charge is 2.24. The van der Waals surface area contributed by atoms with E-state index in [9.17, 15) is 12.8 Å². The molecule has 1 aliphatic heterocycles. The number of hydrogen-bond donors (Lipinski definition) is 2. The van der Waals surface area contributed by atoms with Gasteiger partial charge in [-0.25, -0.2) is 17.5 Å². The molecule has 8 heteroatoms. The van der Waals surface area contributed by atoms with Crippen molar-refractivity contribution in [2.45, 2.75) is 10.9 Å². The van der Waals surface area contributed by atoms with E-state index < -0.39 is 10.0 Å². The van der Waals surface area contributed by atoms with Crippen LogP contribution in [-0.2, 0) is 10.0 Å². The van der Waals surface area contributed by atoms with Gasteiger partial charge >= 0.3 is 0 Å². The Morgan fingerprint density at radius 3 is 2.65 bits per heavy atom. The Labute approximate surface area is 160 Å². The summed E-state index contributed by atoms with van der Waals surface area (Å²) >= 11 is 0. The van der Waals surface area contributed by atoms with Crippen LogP contribution in [0.5, 0.6) is 0 Å². The predicted molar refractivity (Wildman–Crippen MR) is 102 cm³/mol. The molecule has 0 radical (unpaired) electrons. The fourth-order valence-corrected chi connectivity index (χ4v) is 4.11. The van der Waals surface area contributed by atoms with E-state index in [1.165, 1.54) is 6.07 Å². The van der Waals surface area contributed by atoms with Crippen molar-refractivity contribution in [1.82, 2.24) is 14.9 Å². The third-order valence-corrected chi connectivity index (χ3v) is 5.81. The second kappa shape index (κ2) is 9.43. The van der Waals surface area contributed by atoms with Crippen molar-refractivity contribution in [2.24, 2.45) is 0 Å². The van der Waals surface area contributed by atoms with E-state index in [-0.39, 0.29) is 29.2 Å². The predicted octanol–water partition coefficient (Wildman–Crippen LogP) is 2.17. The molecule has 26 heavy (non-hydrogen) atoms. The van der Waals surface area contributed by atoms with Crippen LogP contribution in [0.1, 0.15) is 11.6 Å². The van der Waals surface area contributed by atoms with Crippen LogP contribution in [0.3, 0.4) is 0 Å².